The van der Waals surface area contributed by atoms with Gasteiger partial charge in [-0.3, -0.25) is 9.78 Å². The van der Waals surface area contributed by atoms with Crippen molar-refractivity contribution in [1.82, 2.24) is 10.3 Å². The molecule has 0 unspecified atom stereocenters. The van der Waals surface area contributed by atoms with Gasteiger partial charge >= 0.3 is 5.97 Å². The molecule has 1 aliphatic heterocycles. The van der Waals surface area contributed by atoms with Crippen molar-refractivity contribution in [2.24, 2.45) is 5.92 Å². The summed E-state index contributed by atoms with van der Waals surface area (Å²) >= 11 is 0. The van der Waals surface area contributed by atoms with Crippen molar-refractivity contribution < 1.29 is 14.7 Å². The Labute approximate surface area is 222 Å². The molecule has 192 valence electrons. The van der Waals surface area contributed by atoms with Crippen LogP contribution in [0.4, 0.5) is 11.4 Å². The van der Waals surface area contributed by atoms with Gasteiger partial charge in [0.1, 0.15) is 0 Å². The van der Waals surface area contributed by atoms with Crippen molar-refractivity contribution in [3.63, 3.8) is 0 Å². The summed E-state index contributed by atoms with van der Waals surface area (Å²) in [6.45, 7) is 1.63. The van der Waals surface area contributed by atoms with E-state index < -0.39 is 5.97 Å². The number of carbonyl (C=O) groups is 2. The van der Waals surface area contributed by atoms with Gasteiger partial charge in [0.25, 0.3) is 5.91 Å². The van der Waals surface area contributed by atoms with E-state index in [1.165, 1.54) is 17.7 Å². The number of nitrogens with one attached hydrogen (secondary N) is 3. The van der Waals surface area contributed by atoms with Crippen LogP contribution in [0.1, 0.15) is 43.6 Å². The first-order valence-electron chi connectivity index (χ1n) is 12.8. The molecule has 1 aromatic heterocycles. The average Bonchev–Trinajstić information content (AvgIpc) is 2.96. The monoisotopic (exact) mass is 506 g/mol. The van der Waals surface area contributed by atoms with Gasteiger partial charge in [0.2, 0.25) is 0 Å². The van der Waals surface area contributed by atoms with Crippen LogP contribution in [-0.2, 0) is 12.8 Å². The SMILES string of the molecule is O=C(O)c1ccc(NC(=O)c2cccc(CCN[C@H](c3ccccc3)[C@H]3CNc4cccnc4C3)c2)cc1. The van der Waals surface area contributed by atoms with Crippen LogP contribution in [-0.4, -0.2) is 35.1 Å². The summed E-state index contributed by atoms with van der Waals surface area (Å²) in [7, 11) is 0. The number of fused-ring (bicyclic) bond motifs is 1. The lowest BCUT2D eigenvalue weighted by molar-refractivity contribution is 0.0696. The second-order valence-corrected chi connectivity index (χ2v) is 9.47. The van der Waals surface area contributed by atoms with Crippen LogP contribution in [0.25, 0.3) is 0 Å². The van der Waals surface area contributed by atoms with Gasteiger partial charge in [-0.15, -0.1) is 0 Å². The van der Waals surface area contributed by atoms with E-state index >= 15 is 0 Å². The number of aromatic carboxylic acids is 1. The number of pyridine rings is 1. The molecule has 0 fully saturated rings. The summed E-state index contributed by atoms with van der Waals surface area (Å²) in [6.07, 6.45) is 3.52. The van der Waals surface area contributed by atoms with Crippen LogP contribution >= 0.6 is 0 Å². The molecule has 7 heteroatoms. The Kier molecular flexibility index (Phi) is 7.75. The van der Waals surface area contributed by atoms with Crippen molar-refractivity contribution in [2.75, 3.05) is 23.7 Å². The molecule has 0 bridgehead atoms. The minimum atomic E-state index is -1.00. The molecule has 0 saturated carbocycles. The summed E-state index contributed by atoms with van der Waals surface area (Å²) in [5.74, 6) is -0.881. The summed E-state index contributed by atoms with van der Waals surface area (Å²) in [6, 6.07) is 28.4. The summed E-state index contributed by atoms with van der Waals surface area (Å²) < 4.78 is 0. The number of carboxylic acid groups (broad SMARTS) is 1. The number of aromatic nitrogens is 1. The summed E-state index contributed by atoms with van der Waals surface area (Å²) in [4.78, 5) is 28.4. The lowest BCUT2D eigenvalue weighted by atomic mass is 9.86. The smallest absolute Gasteiger partial charge is 0.335 e. The molecule has 5 rings (SSSR count). The predicted octanol–water partition coefficient (Wildman–Crippen LogP) is 5.19. The Morgan fingerprint density at radius 3 is 2.55 bits per heavy atom. The number of carbonyl (C=O) groups excluding carboxylic acids is 1. The number of nitrogens with zero attached hydrogens (tertiary/aromatic N) is 1. The molecule has 4 aromatic rings. The van der Waals surface area contributed by atoms with E-state index in [0.29, 0.717) is 17.2 Å². The third-order valence-electron chi connectivity index (χ3n) is 6.89. The van der Waals surface area contributed by atoms with Crippen LogP contribution in [0, 0.1) is 5.92 Å². The minimum absolute atomic E-state index is 0.166. The molecule has 0 saturated heterocycles. The van der Waals surface area contributed by atoms with Gasteiger partial charge in [0.05, 0.1) is 16.9 Å². The van der Waals surface area contributed by atoms with Gasteiger partial charge in [0.15, 0.2) is 0 Å². The molecular weight excluding hydrogens is 476 g/mol. The molecule has 3 aromatic carbocycles. The van der Waals surface area contributed by atoms with Gasteiger partial charge in [-0.2, -0.15) is 0 Å². The Hall–Kier alpha value is -4.49. The molecule has 2 heterocycles. The molecule has 0 aliphatic carbocycles. The van der Waals surface area contributed by atoms with E-state index in [0.717, 1.165) is 42.9 Å². The lowest BCUT2D eigenvalue weighted by Gasteiger charge is -2.33. The molecule has 1 aliphatic rings. The predicted molar refractivity (Wildman–Crippen MR) is 149 cm³/mol. The van der Waals surface area contributed by atoms with E-state index in [-0.39, 0.29) is 17.5 Å². The maximum atomic E-state index is 12.8. The highest BCUT2D eigenvalue weighted by atomic mass is 16.4. The number of hydrogen-bond acceptors (Lipinski definition) is 5. The Morgan fingerprint density at radius 2 is 1.76 bits per heavy atom. The number of carboxylic acids is 1. The van der Waals surface area contributed by atoms with Crippen LogP contribution in [0.3, 0.4) is 0 Å². The highest BCUT2D eigenvalue weighted by Crippen LogP contribution is 2.31. The Morgan fingerprint density at radius 1 is 0.947 bits per heavy atom. The van der Waals surface area contributed by atoms with Crippen LogP contribution in [0.15, 0.2) is 97.2 Å². The van der Waals surface area contributed by atoms with Crippen molar-refractivity contribution >= 4 is 23.3 Å². The second kappa shape index (κ2) is 11.7. The molecule has 7 nitrogen and oxygen atoms in total. The van der Waals surface area contributed by atoms with Crippen molar-refractivity contribution in [3.05, 3.63) is 125 Å². The number of rotatable bonds is 9. The molecular formula is C31H30N4O3. The van der Waals surface area contributed by atoms with Crippen LogP contribution < -0.4 is 16.0 Å². The maximum Gasteiger partial charge on any atom is 0.335 e. The zero-order chi connectivity index (χ0) is 26.3. The van der Waals surface area contributed by atoms with Gasteiger partial charge in [0, 0.05) is 36.0 Å². The fraction of sp³-hybridized carbons (Fsp3) is 0.194. The fourth-order valence-electron chi connectivity index (χ4n) is 4.92. The third-order valence-corrected chi connectivity index (χ3v) is 6.89. The molecule has 4 N–H and O–H groups in total. The normalized spacial score (nSPS) is 15.1. The van der Waals surface area contributed by atoms with E-state index in [2.05, 4.69) is 51.3 Å². The van der Waals surface area contributed by atoms with Crippen LogP contribution in [0.5, 0.6) is 0 Å². The van der Waals surface area contributed by atoms with Gasteiger partial charge < -0.3 is 21.1 Å². The topological polar surface area (TPSA) is 103 Å². The third kappa shape index (κ3) is 6.07. The number of hydrogen-bond donors (Lipinski definition) is 4. The standard InChI is InChI=1S/C31H30N4O3/c36-30(35-26-13-11-23(12-14-26)31(37)38)24-9-4-6-21(18-24)15-17-33-29(22-7-2-1-3-8-22)25-19-28-27(34-20-25)10-5-16-32-28/h1-14,16,18,25,29,33-34H,15,17,19-20H2,(H,35,36)(H,37,38)/t25-,29-/m1/s1. The quantitative estimate of drug-likeness (QED) is 0.249. The summed E-state index contributed by atoms with van der Waals surface area (Å²) in [5, 5.41) is 19.2. The largest absolute Gasteiger partial charge is 0.478 e. The zero-order valence-corrected chi connectivity index (χ0v) is 20.9. The molecule has 0 spiro atoms. The Bertz CT molecular complexity index is 1410. The Balaban J connectivity index is 1.23. The van der Waals surface area contributed by atoms with Crippen molar-refractivity contribution in [3.8, 4) is 0 Å². The first kappa shape index (κ1) is 25.2. The lowest BCUT2D eigenvalue weighted by Crippen LogP contribution is -2.37. The number of benzene rings is 3. The van der Waals surface area contributed by atoms with Crippen molar-refractivity contribution in [2.45, 2.75) is 18.9 Å². The average molecular weight is 507 g/mol. The van der Waals surface area contributed by atoms with E-state index in [4.69, 9.17) is 5.11 Å². The minimum Gasteiger partial charge on any atom is -0.478 e. The first-order chi connectivity index (χ1) is 18.6. The van der Waals surface area contributed by atoms with Gasteiger partial charge in [-0.1, -0.05) is 42.5 Å². The first-order valence-corrected chi connectivity index (χ1v) is 12.8. The zero-order valence-electron chi connectivity index (χ0n) is 20.9. The van der Waals surface area contributed by atoms with Crippen LogP contribution in [0.2, 0.25) is 0 Å². The molecule has 2 atom stereocenters. The van der Waals surface area contributed by atoms with Gasteiger partial charge in [-0.05, 0) is 79.0 Å². The van der Waals surface area contributed by atoms with E-state index in [1.807, 2.05) is 36.5 Å². The number of anilines is 2. The maximum absolute atomic E-state index is 12.8. The summed E-state index contributed by atoms with van der Waals surface area (Å²) in [5.41, 5.74) is 5.81. The molecule has 38 heavy (non-hydrogen) atoms. The molecule has 1 amide bonds. The van der Waals surface area contributed by atoms with E-state index in [1.54, 1.807) is 18.2 Å². The highest BCUT2D eigenvalue weighted by Gasteiger charge is 2.27. The van der Waals surface area contributed by atoms with E-state index in [9.17, 15) is 9.59 Å². The second-order valence-electron chi connectivity index (χ2n) is 9.47. The fourth-order valence-corrected chi connectivity index (χ4v) is 4.92. The van der Waals surface area contributed by atoms with Gasteiger partial charge in [-0.25, -0.2) is 4.79 Å². The number of amides is 1. The highest BCUT2D eigenvalue weighted by molar-refractivity contribution is 6.04. The van der Waals surface area contributed by atoms with Crippen molar-refractivity contribution in [1.29, 1.82) is 0 Å². The molecule has 0 radical (unpaired) electrons.